The summed E-state index contributed by atoms with van der Waals surface area (Å²) in [4.78, 5) is 10.4. The molecule has 0 fully saturated rings. The lowest BCUT2D eigenvalue weighted by Crippen LogP contribution is -2.17. The Morgan fingerprint density at radius 1 is 0.545 bits per heavy atom. The van der Waals surface area contributed by atoms with Crippen molar-refractivity contribution in [3.8, 4) is 39.6 Å². The van der Waals surface area contributed by atoms with Crippen molar-refractivity contribution in [1.29, 1.82) is 0 Å². The van der Waals surface area contributed by atoms with Crippen LogP contribution in [0.1, 0.15) is 25.0 Å². The van der Waals surface area contributed by atoms with E-state index in [0.29, 0.717) is 5.82 Å². The van der Waals surface area contributed by atoms with Gasteiger partial charge in [0.1, 0.15) is 5.82 Å². The van der Waals surface area contributed by atoms with Gasteiger partial charge in [-0.1, -0.05) is 129 Å². The molecule has 208 valence electrons. The Hall–Kier alpha value is -5.54. The highest BCUT2D eigenvalue weighted by atomic mass is 15.1. The van der Waals surface area contributed by atoms with Gasteiger partial charge in [-0.2, -0.15) is 0 Å². The van der Waals surface area contributed by atoms with E-state index in [4.69, 9.17) is 9.97 Å². The van der Waals surface area contributed by atoms with Crippen molar-refractivity contribution in [3.05, 3.63) is 151 Å². The first-order valence-corrected chi connectivity index (χ1v) is 15.2. The van der Waals surface area contributed by atoms with Crippen LogP contribution in [0.15, 0.2) is 140 Å². The fourth-order valence-corrected chi connectivity index (χ4v) is 7.29. The molecule has 8 aromatic rings. The summed E-state index contributed by atoms with van der Waals surface area (Å²) in [5.41, 5.74) is 10.4. The van der Waals surface area contributed by atoms with Crippen LogP contribution in [0.3, 0.4) is 0 Å². The minimum Gasteiger partial charge on any atom is -0.293 e. The average molecular weight is 564 g/mol. The second-order valence-electron chi connectivity index (χ2n) is 12.3. The van der Waals surface area contributed by atoms with Crippen LogP contribution in [0.4, 0.5) is 0 Å². The number of nitrogens with zero attached hydrogens (tertiary/aromatic N) is 3. The number of hydrogen-bond donors (Lipinski definition) is 0. The molecular formula is C41H29N3. The van der Waals surface area contributed by atoms with Crippen LogP contribution in [-0.2, 0) is 5.41 Å². The largest absolute Gasteiger partial charge is 0.293 e. The summed E-state index contributed by atoms with van der Waals surface area (Å²) in [6.45, 7) is 4.75. The van der Waals surface area contributed by atoms with E-state index in [2.05, 4.69) is 134 Å². The van der Waals surface area contributed by atoms with Gasteiger partial charge < -0.3 is 0 Å². The zero-order valence-electron chi connectivity index (χ0n) is 24.6. The summed E-state index contributed by atoms with van der Waals surface area (Å²) in [5.74, 6) is 1.59. The number of fused-ring (bicyclic) bond motifs is 8. The number of para-hydroxylation sites is 1. The average Bonchev–Trinajstić information content (AvgIpc) is 3.53. The predicted molar refractivity (Wildman–Crippen MR) is 182 cm³/mol. The Morgan fingerprint density at radius 3 is 1.98 bits per heavy atom. The number of rotatable bonds is 3. The van der Waals surface area contributed by atoms with Crippen LogP contribution in [0.2, 0.25) is 0 Å². The SMILES string of the molecule is CC1(C)c2cc3ccccc3cc2-c2ccc3c4ccccc4n(-c4cc(-c5ccccc5)nc(-c5ccccc5)n4)c3c21. The lowest BCUT2D eigenvalue weighted by molar-refractivity contribution is 0.664. The normalized spacial score (nSPS) is 13.4. The Morgan fingerprint density at radius 2 is 1.20 bits per heavy atom. The van der Waals surface area contributed by atoms with Crippen LogP contribution in [-0.4, -0.2) is 14.5 Å². The van der Waals surface area contributed by atoms with Crippen molar-refractivity contribution in [3.63, 3.8) is 0 Å². The van der Waals surface area contributed by atoms with Crippen molar-refractivity contribution in [2.24, 2.45) is 0 Å². The molecule has 3 nitrogen and oxygen atoms in total. The van der Waals surface area contributed by atoms with Crippen molar-refractivity contribution >= 4 is 32.6 Å². The lowest BCUT2D eigenvalue weighted by Gasteiger charge is -2.24. The smallest absolute Gasteiger partial charge is 0.162 e. The first-order valence-electron chi connectivity index (χ1n) is 15.2. The van der Waals surface area contributed by atoms with Gasteiger partial charge in [-0.25, -0.2) is 9.97 Å². The van der Waals surface area contributed by atoms with Gasteiger partial charge in [0.15, 0.2) is 5.82 Å². The summed E-state index contributed by atoms with van der Waals surface area (Å²) in [6, 6.07) is 49.7. The van der Waals surface area contributed by atoms with Gasteiger partial charge in [0.05, 0.1) is 16.7 Å². The fraction of sp³-hybridized carbons (Fsp3) is 0.0732. The van der Waals surface area contributed by atoms with Gasteiger partial charge in [-0.3, -0.25) is 4.57 Å². The van der Waals surface area contributed by atoms with E-state index in [9.17, 15) is 0 Å². The molecule has 0 spiro atoms. The molecule has 44 heavy (non-hydrogen) atoms. The molecular weight excluding hydrogens is 534 g/mol. The molecule has 0 radical (unpaired) electrons. The molecule has 0 N–H and O–H groups in total. The summed E-state index contributed by atoms with van der Waals surface area (Å²) in [6.07, 6.45) is 0. The Labute approximate surface area is 256 Å². The van der Waals surface area contributed by atoms with Crippen molar-refractivity contribution in [1.82, 2.24) is 14.5 Å². The second kappa shape index (κ2) is 9.23. The molecule has 1 aliphatic carbocycles. The first kappa shape index (κ1) is 25.0. The minimum absolute atomic E-state index is 0.210. The molecule has 0 bridgehead atoms. The van der Waals surface area contributed by atoms with Crippen LogP contribution in [0.25, 0.3) is 72.2 Å². The second-order valence-corrected chi connectivity index (χ2v) is 12.3. The van der Waals surface area contributed by atoms with Gasteiger partial charge in [0.2, 0.25) is 0 Å². The van der Waals surface area contributed by atoms with Crippen molar-refractivity contribution in [2.45, 2.75) is 19.3 Å². The van der Waals surface area contributed by atoms with Crippen LogP contribution in [0.5, 0.6) is 0 Å². The molecule has 2 aromatic heterocycles. The number of benzene rings is 6. The third kappa shape index (κ3) is 3.56. The fourth-order valence-electron chi connectivity index (χ4n) is 7.29. The molecule has 0 saturated heterocycles. The monoisotopic (exact) mass is 563 g/mol. The van der Waals surface area contributed by atoms with E-state index in [1.807, 2.05) is 24.3 Å². The maximum absolute atomic E-state index is 5.29. The van der Waals surface area contributed by atoms with E-state index in [1.54, 1.807) is 0 Å². The van der Waals surface area contributed by atoms with E-state index < -0.39 is 0 Å². The molecule has 0 atom stereocenters. The van der Waals surface area contributed by atoms with Gasteiger partial charge in [0, 0.05) is 33.4 Å². The maximum Gasteiger partial charge on any atom is 0.162 e. The Kier molecular flexibility index (Phi) is 5.24. The first-order chi connectivity index (χ1) is 21.6. The maximum atomic E-state index is 5.29. The van der Waals surface area contributed by atoms with E-state index in [0.717, 1.165) is 28.2 Å². The summed E-state index contributed by atoms with van der Waals surface area (Å²) in [7, 11) is 0. The standard InChI is InChI=1S/C41H29N3/c1-41(2)34-24-29-18-10-9-17-28(29)23-33(34)31-21-22-32-30-19-11-12-20-36(30)44(39(32)38(31)41)37-25-35(26-13-5-3-6-14-26)42-40(43-37)27-15-7-4-8-16-27/h3-25H,1-2H3. The van der Waals surface area contributed by atoms with Crippen molar-refractivity contribution in [2.75, 3.05) is 0 Å². The van der Waals surface area contributed by atoms with Crippen LogP contribution < -0.4 is 0 Å². The van der Waals surface area contributed by atoms with Gasteiger partial charge >= 0.3 is 0 Å². The highest BCUT2D eigenvalue weighted by molar-refractivity contribution is 6.13. The van der Waals surface area contributed by atoms with E-state index in [-0.39, 0.29) is 5.41 Å². The van der Waals surface area contributed by atoms with Crippen molar-refractivity contribution < 1.29 is 0 Å². The molecule has 2 heterocycles. The molecule has 9 rings (SSSR count). The Bertz CT molecular complexity index is 2340. The summed E-state index contributed by atoms with van der Waals surface area (Å²) < 4.78 is 2.39. The van der Waals surface area contributed by atoms with E-state index in [1.165, 1.54) is 49.3 Å². The molecule has 1 aliphatic rings. The molecule has 0 amide bonds. The molecule has 6 aromatic carbocycles. The molecule has 3 heteroatoms. The van der Waals surface area contributed by atoms with Crippen LogP contribution >= 0.6 is 0 Å². The lowest BCUT2D eigenvalue weighted by atomic mass is 9.81. The highest BCUT2D eigenvalue weighted by Gasteiger charge is 2.39. The third-order valence-corrected chi connectivity index (χ3v) is 9.35. The zero-order valence-corrected chi connectivity index (χ0v) is 24.6. The van der Waals surface area contributed by atoms with Gasteiger partial charge in [0.25, 0.3) is 0 Å². The highest BCUT2D eigenvalue weighted by Crippen LogP contribution is 2.53. The predicted octanol–water partition coefficient (Wildman–Crippen LogP) is 10.4. The zero-order chi connectivity index (χ0) is 29.4. The minimum atomic E-state index is -0.210. The van der Waals surface area contributed by atoms with Crippen LogP contribution in [0, 0.1) is 0 Å². The number of hydrogen-bond acceptors (Lipinski definition) is 2. The summed E-state index contributed by atoms with van der Waals surface area (Å²) in [5, 5.41) is 5.01. The van der Waals surface area contributed by atoms with Gasteiger partial charge in [-0.15, -0.1) is 0 Å². The van der Waals surface area contributed by atoms with E-state index >= 15 is 0 Å². The topological polar surface area (TPSA) is 30.7 Å². The third-order valence-electron chi connectivity index (χ3n) is 9.35. The molecule has 0 aliphatic heterocycles. The Balaban J connectivity index is 1.40. The molecule has 0 unspecified atom stereocenters. The summed E-state index contributed by atoms with van der Waals surface area (Å²) >= 11 is 0. The number of aromatic nitrogens is 3. The van der Waals surface area contributed by atoms with Gasteiger partial charge in [-0.05, 0) is 51.2 Å². The molecule has 0 saturated carbocycles. The quantitative estimate of drug-likeness (QED) is 0.214.